The van der Waals surface area contributed by atoms with Gasteiger partial charge >= 0.3 is 0 Å². The third-order valence-corrected chi connectivity index (χ3v) is 4.96. The van der Waals surface area contributed by atoms with Gasteiger partial charge in [-0.15, -0.1) is 0 Å². The van der Waals surface area contributed by atoms with Crippen LogP contribution >= 0.6 is 31.9 Å². The lowest BCUT2D eigenvalue weighted by Crippen LogP contribution is -1.98. The molecule has 4 nitrogen and oxygen atoms in total. The molecule has 3 aromatic rings. The fraction of sp³-hybridized carbons (Fsp3) is 0.133. The summed E-state index contributed by atoms with van der Waals surface area (Å²) >= 11 is 7.07. The Bertz CT molecular complexity index is 843. The van der Waals surface area contributed by atoms with Gasteiger partial charge in [-0.05, 0) is 53.2 Å². The van der Waals surface area contributed by atoms with Gasteiger partial charge in [0.15, 0.2) is 0 Å². The van der Waals surface area contributed by atoms with E-state index in [1.165, 1.54) is 0 Å². The Morgan fingerprint density at radius 2 is 1.86 bits per heavy atom. The van der Waals surface area contributed by atoms with E-state index in [4.69, 9.17) is 10.5 Å². The molecule has 0 aliphatic heterocycles. The van der Waals surface area contributed by atoms with E-state index in [1.807, 2.05) is 41.7 Å². The smallest absolute Gasteiger partial charge is 0.139 e. The minimum Gasteiger partial charge on any atom is -0.497 e. The Morgan fingerprint density at radius 1 is 1.14 bits per heavy atom. The molecule has 0 amide bonds. The highest BCUT2D eigenvalue weighted by atomic mass is 79.9. The van der Waals surface area contributed by atoms with Crippen LogP contribution in [-0.4, -0.2) is 16.5 Å². The standard InChI is InChI=1S/C15H13Br2N3O/c1-8-11(16)5-6-13-19-14(15(18)20(8)13)10-7-9(21-2)3-4-12(10)17/h3-7H,18H2,1-2H3. The van der Waals surface area contributed by atoms with E-state index in [0.717, 1.165) is 37.3 Å². The lowest BCUT2D eigenvalue weighted by molar-refractivity contribution is 0.415. The van der Waals surface area contributed by atoms with E-state index < -0.39 is 0 Å². The summed E-state index contributed by atoms with van der Waals surface area (Å²) in [6, 6.07) is 9.65. The molecule has 0 atom stereocenters. The third kappa shape index (κ3) is 2.32. The van der Waals surface area contributed by atoms with Crippen LogP contribution in [0, 0.1) is 6.92 Å². The lowest BCUT2D eigenvalue weighted by Gasteiger charge is -2.07. The van der Waals surface area contributed by atoms with Gasteiger partial charge in [0.1, 0.15) is 22.9 Å². The van der Waals surface area contributed by atoms with Crippen molar-refractivity contribution in [2.75, 3.05) is 12.8 Å². The van der Waals surface area contributed by atoms with Crippen LogP contribution in [0.5, 0.6) is 5.75 Å². The summed E-state index contributed by atoms with van der Waals surface area (Å²) in [6.07, 6.45) is 0. The topological polar surface area (TPSA) is 52.5 Å². The highest BCUT2D eigenvalue weighted by Crippen LogP contribution is 2.36. The third-order valence-electron chi connectivity index (χ3n) is 3.43. The van der Waals surface area contributed by atoms with Crippen molar-refractivity contribution in [3.63, 3.8) is 0 Å². The molecular weight excluding hydrogens is 398 g/mol. The molecule has 0 saturated carbocycles. The fourth-order valence-corrected chi connectivity index (χ4v) is 3.05. The zero-order valence-electron chi connectivity index (χ0n) is 11.5. The number of methoxy groups -OCH3 is 1. The van der Waals surface area contributed by atoms with Crippen molar-refractivity contribution in [2.24, 2.45) is 0 Å². The molecule has 0 saturated heterocycles. The molecular formula is C15H13Br2N3O. The summed E-state index contributed by atoms with van der Waals surface area (Å²) in [7, 11) is 1.64. The van der Waals surface area contributed by atoms with Gasteiger partial charge in [-0.1, -0.05) is 15.9 Å². The lowest BCUT2D eigenvalue weighted by atomic mass is 10.1. The van der Waals surface area contributed by atoms with Gasteiger partial charge in [0.2, 0.25) is 0 Å². The number of ether oxygens (including phenoxy) is 1. The molecule has 0 unspecified atom stereocenters. The van der Waals surface area contributed by atoms with Gasteiger partial charge in [-0.3, -0.25) is 4.40 Å². The first-order chi connectivity index (χ1) is 10.0. The predicted molar refractivity (Wildman–Crippen MR) is 91.7 cm³/mol. The minimum atomic E-state index is 0.609. The normalized spacial score (nSPS) is 11.0. The highest BCUT2D eigenvalue weighted by molar-refractivity contribution is 9.10. The first-order valence-corrected chi connectivity index (χ1v) is 7.88. The summed E-state index contributed by atoms with van der Waals surface area (Å²) < 4.78 is 9.14. The predicted octanol–water partition coefficient (Wildman–Crippen LogP) is 4.43. The Labute approximate surface area is 139 Å². The highest BCUT2D eigenvalue weighted by Gasteiger charge is 2.16. The summed E-state index contributed by atoms with van der Waals surface area (Å²) in [5.74, 6) is 1.38. The second kappa shape index (κ2) is 5.35. The molecule has 0 fully saturated rings. The van der Waals surface area contributed by atoms with E-state index in [9.17, 15) is 0 Å². The number of nitrogen functional groups attached to an aromatic ring is 1. The van der Waals surface area contributed by atoms with Crippen molar-refractivity contribution in [3.8, 4) is 17.0 Å². The number of aryl methyl sites for hydroxylation is 1. The number of nitrogens with two attached hydrogens (primary N) is 1. The average molecular weight is 411 g/mol. The van der Waals surface area contributed by atoms with Gasteiger partial charge in [0.25, 0.3) is 0 Å². The molecule has 2 N–H and O–H groups in total. The maximum Gasteiger partial charge on any atom is 0.139 e. The van der Waals surface area contributed by atoms with Crippen LogP contribution in [-0.2, 0) is 0 Å². The number of aromatic nitrogens is 2. The molecule has 3 rings (SSSR count). The fourth-order valence-electron chi connectivity index (χ4n) is 2.30. The molecule has 0 radical (unpaired) electrons. The molecule has 0 spiro atoms. The van der Waals surface area contributed by atoms with Crippen LogP contribution in [0.2, 0.25) is 0 Å². The first-order valence-electron chi connectivity index (χ1n) is 6.30. The summed E-state index contributed by atoms with van der Waals surface area (Å²) in [5, 5.41) is 0. The van der Waals surface area contributed by atoms with Gasteiger partial charge in [-0.25, -0.2) is 4.98 Å². The first kappa shape index (κ1) is 14.4. The Morgan fingerprint density at radius 3 is 2.57 bits per heavy atom. The minimum absolute atomic E-state index is 0.609. The number of hydrogen-bond acceptors (Lipinski definition) is 3. The molecule has 108 valence electrons. The molecule has 2 heterocycles. The summed E-state index contributed by atoms with van der Waals surface area (Å²) in [6.45, 7) is 2.00. The van der Waals surface area contributed by atoms with Crippen molar-refractivity contribution in [1.82, 2.24) is 9.38 Å². The van der Waals surface area contributed by atoms with Crippen molar-refractivity contribution < 1.29 is 4.74 Å². The Hall–Kier alpha value is -1.53. The number of pyridine rings is 1. The molecule has 2 aromatic heterocycles. The number of hydrogen-bond donors (Lipinski definition) is 1. The quantitative estimate of drug-likeness (QED) is 0.679. The molecule has 1 aromatic carbocycles. The maximum absolute atomic E-state index is 6.32. The number of anilines is 1. The van der Waals surface area contributed by atoms with Gasteiger partial charge in [0, 0.05) is 20.2 Å². The molecule has 0 bridgehead atoms. The van der Waals surface area contributed by atoms with Crippen LogP contribution in [0.25, 0.3) is 16.9 Å². The van der Waals surface area contributed by atoms with E-state index in [2.05, 4.69) is 36.8 Å². The van der Waals surface area contributed by atoms with Crippen molar-refractivity contribution in [3.05, 3.63) is 45.0 Å². The largest absolute Gasteiger partial charge is 0.497 e. The number of halogens is 2. The number of benzene rings is 1. The second-order valence-corrected chi connectivity index (χ2v) is 6.36. The van der Waals surface area contributed by atoms with Crippen LogP contribution < -0.4 is 10.5 Å². The number of nitrogens with zero attached hydrogens (tertiary/aromatic N) is 2. The Kier molecular flexibility index (Phi) is 3.67. The van der Waals surface area contributed by atoms with Crippen molar-refractivity contribution in [2.45, 2.75) is 6.92 Å². The van der Waals surface area contributed by atoms with E-state index in [0.29, 0.717) is 5.82 Å². The van der Waals surface area contributed by atoms with Crippen molar-refractivity contribution in [1.29, 1.82) is 0 Å². The zero-order chi connectivity index (χ0) is 15.1. The van der Waals surface area contributed by atoms with Crippen molar-refractivity contribution >= 4 is 43.3 Å². The second-order valence-electron chi connectivity index (χ2n) is 4.65. The summed E-state index contributed by atoms with van der Waals surface area (Å²) in [4.78, 5) is 4.65. The van der Waals surface area contributed by atoms with Gasteiger partial charge in [0.05, 0.1) is 7.11 Å². The Balaban J connectivity index is 2.31. The van der Waals surface area contributed by atoms with Gasteiger partial charge in [-0.2, -0.15) is 0 Å². The van der Waals surface area contributed by atoms with Crippen LogP contribution in [0.1, 0.15) is 5.69 Å². The average Bonchev–Trinajstić information content (AvgIpc) is 2.81. The number of imidazole rings is 1. The monoisotopic (exact) mass is 409 g/mol. The molecule has 21 heavy (non-hydrogen) atoms. The molecule has 0 aliphatic rings. The van der Waals surface area contributed by atoms with Crippen LogP contribution in [0.15, 0.2) is 39.3 Å². The zero-order valence-corrected chi connectivity index (χ0v) is 14.7. The van der Waals surface area contributed by atoms with Crippen LogP contribution in [0.4, 0.5) is 5.82 Å². The van der Waals surface area contributed by atoms with E-state index in [1.54, 1.807) is 7.11 Å². The summed E-state index contributed by atoms with van der Waals surface area (Å²) in [5.41, 5.74) is 9.80. The maximum atomic E-state index is 6.32. The van der Waals surface area contributed by atoms with E-state index in [-0.39, 0.29) is 0 Å². The van der Waals surface area contributed by atoms with Crippen LogP contribution in [0.3, 0.4) is 0 Å². The van der Waals surface area contributed by atoms with E-state index >= 15 is 0 Å². The number of fused-ring (bicyclic) bond motifs is 1. The molecule has 6 heteroatoms. The number of rotatable bonds is 2. The van der Waals surface area contributed by atoms with Gasteiger partial charge < -0.3 is 10.5 Å². The molecule has 0 aliphatic carbocycles. The SMILES string of the molecule is COc1ccc(Br)c(-c2nc3ccc(Br)c(C)n3c2N)c1.